The standard InChI is InChI=1S/C20H21FN4OS/c1-23-13-16(12-22-23)20(26)25-9-7-24(8-10-25)14-18-5-6-19(27-18)15-3-2-4-17(21)11-15/h2-6,11-13H,7-10,14H2,1H3. The second-order valence-corrected chi connectivity index (χ2v) is 7.92. The van der Waals surface area contributed by atoms with Gasteiger partial charge in [0, 0.05) is 55.7 Å². The van der Waals surface area contributed by atoms with Gasteiger partial charge in [0.1, 0.15) is 5.82 Å². The van der Waals surface area contributed by atoms with Crippen LogP contribution < -0.4 is 0 Å². The second kappa shape index (κ2) is 7.62. The molecule has 5 nitrogen and oxygen atoms in total. The molecule has 140 valence electrons. The number of rotatable bonds is 4. The van der Waals surface area contributed by atoms with E-state index in [0.29, 0.717) is 5.56 Å². The molecular formula is C20H21FN4OS. The Bertz CT molecular complexity index is 943. The van der Waals surface area contributed by atoms with Crippen molar-refractivity contribution in [2.24, 2.45) is 7.05 Å². The van der Waals surface area contributed by atoms with E-state index in [2.05, 4.69) is 22.1 Å². The molecule has 3 aromatic rings. The molecule has 3 heterocycles. The van der Waals surface area contributed by atoms with Gasteiger partial charge in [0.15, 0.2) is 0 Å². The first-order chi connectivity index (χ1) is 13.1. The number of amides is 1. The first-order valence-electron chi connectivity index (χ1n) is 8.93. The van der Waals surface area contributed by atoms with E-state index in [4.69, 9.17) is 0 Å². The van der Waals surface area contributed by atoms with Gasteiger partial charge in [-0.05, 0) is 29.8 Å². The molecule has 1 amide bonds. The third-order valence-corrected chi connectivity index (χ3v) is 5.88. The number of carbonyl (C=O) groups excluding carboxylic acids is 1. The average molecular weight is 384 g/mol. The lowest BCUT2D eigenvalue weighted by molar-refractivity contribution is 0.0629. The smallest absolute Gasteiger partial charge is 0.257 e. The number of thiophene rings is 1. The van der Waals surface area contributed by atoms with E-state index in [9.17, 15) is 9.18 Å². The van der Waals surface area contributed by atoms with Gasteiger partial charge in [0.2, 0.25) is 0 Å². The van der Waals surface area contributed by atoms with Crippen LogP contribution in [-0.2, 0) is 13.6 Å². The summed E-state index contributed by atoms with van der Waals surface area (Å²) in [7, 11) is 1.81. The number of piperazine rings is 1. The minimum absolute atomic E-state index is 0.0484. The Balaban J connectivity index is 1.34. The molecule has 0 unspecified atom stereocenters. The third kappa shape index (κ3) is 4.09. The number of aryl methyl sites for hydroxylation is 1. The number of aromatic nitrogens is 2. The molecule has 27 heavy (non-hydrogen) atoms. The van der Waals surface area contributed by atoms with Crippen molar-refractivity contribution in [2.75, 3.05) is 26.2 Å². The lowest BCUT2D eigenvalue weighted by Gasteiger charge is -2.34. The van der Waals surface area contributed by atoms with Crippen molar-refractivity contribution < 1.29 is 9.18 Å². The van der Waals surface area contributed by atoms with Crippen LogP contribution in [0.2, 0.25) is 0 Å². The summed E-state index contributed by atoms with van der Waals surface area (Å²) < 4.78 is 15.1. The summed E-state index contributed by atoms with van der Waals surface area (Å²) in [6.45, 7) is 3.99. The van der Waals surface area contributed by atoms with Crippen LogP contribution in [0.25, 0.3) is 10.4 Å². The highest BCUT2D eigenvalue weighted by molar-refractivity contribution is 7.15. The summed E-state index contributed by atoms with van der Waals surface area (Å²) >= 11 is 1.70. The minimum atomic E-state index is -0.211. The van der Waals surface area contributed by atoms with Crippen LogP contribution in [0, 0.1) is 5.82 Å². The summed E-state index contributed by atoms with van der Waals surface area (Å²) in [5.74, 6) is -0.163. The maximum atomic E-state index is 13.4. The molecule has 0 atom stereocenters. The fraction of sp³-hybridized carbons (Fsp3) is 0.300. The number of hydrogen-bond donors (Lipinski definition) is 0. The number of hydrogen-bond acceptors (Lipinski definition) is 4. The molecule has 0 saturated carbocycles. The Morgan fingerprint density at radius 3 is 2.70 bits per heavy atom. The zero-order valence-electron chi connectivity index (χ0n) is 15.1. The molecule has 4 rings (SSSR count). The molecule has 7 heteroatoms. The fourth-order valence-electron chi connectivity index (χ4n) is 3.30. The van der Waals surface area contributed by atoms with Gasteiger partial charge in [-0.1, -0.05) is 12.1 Å². The van der Waals surface area contributed by atoms with Crippen LogP contribution >= 0.6 is 11.3 Å². The van der Waals surface area contributed by atoms with Crippen molar-refractivity contribution in [1.29, 1.82) is 0 Å². The molecule has 1 aliphatic heterocycles. The van der Waals surface area contributed by atoms with E-state index < -0.39 is 0 Å². The van der Waals surface area contributed by atoms with Gasteiger partial charge in [-0.15, -0.1) is 11.3 Å². The largest absolute Gasteiger partial charge is 0.336 e. The van der Waals surface area contributed by atoms with E-state index in [1.807, 2.05) is 18.0 Å². The average Bonchev–Trinajstić information content (AvgIpc) is 3.31. The van der Waals surface area contributed by atoms with E-state index in [1.54, 1.807) is 40.5 Å². The summed E-state index contributed by atoms with van der Waals surface area (Å²) in [5.41, 5.74) is 1.56. The van der Waals surface area contributed by atoms with E-state index in [0.717, 1.165) is 43.2 Å². The normalized spacial score (nSPS) is 15.3. The van der Waals surface area contributed by atoms with Crippen LogP contribution in [0.5, 0.6) is 0 Å². The Morgan fingerprint density at radius 1 is 1.19 bits per heavy atom. The van der Waals surface area contributed by atoms with Crippen molar-refractivity contribution in [1.82, 2.24) is 19.6 Å². The summed E-state index contributed by atoms with van der Waals surface area (Å²) in [6, 6.07) is 10.9. The predicted octanol–water partition coefficient (Wildman–Crippen LogP) is 3.25. The molecule has 1 fully saturated rings. The van der Waals surface area contributed by atoms with Crippen molar-refractivity contribution in [2.45, 2.75) is 6.54 Å². The number of halogens is 1. The molecule has 1 aliphatic rings. The molecule has 0 bridgehead atoms. The number of benzene rings is 1. The highest BCUT2D eigenvalue weighted by Crippen LogP contribution is 2.29. The van der Waals surface area contributed by atoms with Crippen LogP contribution in [0.4, 0.5) is 4.39 Å². The van der Waals surface area contributed by atoms with E-state index in [1.165, 1.54) is 10.9 Å². The lowest BCUT2D eigenvalue weighted by Crippen LogP contribution is -2.48. The molecule has 0 radical (unpaired) electrons. The first kappa shape index (κ1) is 17.9. The lowest BCUT2D eigenvalue weighted by atomic mass is 10.2. The molecule has 2 aromatic heterocycles. The highest BCUT2D eigenvalue weighted by Gasteiger charge is 2.23. The van der Waals surface area contributed by atoms with Crippen LogP contribution in [0.15, 0.2) is 48.8 Å². The highest BCUT2D eigenvalue weighted by atomic mass is 32.1. The Kier molecular flexibility index (Phi) is 5.05. The quantitative estimate of drug-likeness (QED) is 0.693. The fourth-order valence-corrected chi connectivity index (χ4v) is 4.35. The predicted molar refractivity (Wildman–Crippen MR) is 104 cm³/mol. The van der Waals surface area contributed by atoms with Crippen molar-refractivity contribution in [3.63, 3.8) is 0 Å². The molecule has 0 aliphatic carbocycles. The summed E-state index contributed by atoms with van der Waals surface area (Å²) in [4.78, 5) is 19.1. The molecular weight excluding hydrogens is 363 g/mol. The Morgan fingerprint density at radius 2 is 2.00 bits per heavy atom. The van der Waals surface area contributed by atoms with Crippen molar-refractivity contribution in [3.8, 4) is 10.4 Å². The topological polar surface area (TPSA) is 41.4 Å². The van der Waals surface area contributed by atoms with E-state index in [-0.39, 0.29) is 11.7 Å². The Labute approximate surface area is 161 Å². The maximum absolute atomic E-state index is 13.4. The molecule has 0 spiro atoms. The minimum Gasteiger partial charge on any atom is -0.336 e. The summed E-state index contributed by atoms with van der Waals surface area (Å²) in [6.07, 6.45) is 3.38. The van der Waals surface area contributed by atoms with Crippen LogP contribution in [-0.4, -0.2) is 51.7 Å². The molecule has 1 saturated heterocycles. The van der Waals surface area contributed by atoms with Gasteiger partial charge in [-0.2, -0.15) is 5.10 Å². The third-order valence-electron chi connectivity index (χ3n) is 4.76. The zero-order valence-corrected chi connectivity index (χ0v) is 16.0. The van der Waals surface area contributed by atoms with Gasteiger partial charge in [0.05, 0.1) is 11.8 Å². The second-order valence-electron chi connectivity index (χ2n) is 6.75. The molecule has 1 aromatic carbocycles. The van der Waals surface area contributed by atoms with Crippen molar-refractivity contribution in [3.05, 3.63) is 65.0 Å². The van der Waals surface area contributed by atoms with Gasteiger partial charge in [-0.3, -0.25) is 14.4 Å². The zero-order chi connectivity index (χ0) is 18.8. The first-order valence-corrected chi connectivity index (χ1v) is 9.75. The SMILES string of the molecule is Cn1cc(C(=O)N2CCN(Cc3ccc(-c4cccc(F)c4)s3)CC2)cn1. The molecule has 0 N–H and O–H groups in total. The summed E-state index contributed by atoms with van der Waals surface area (Å²) in [5, 5.41) is 4.07. The Hall–Kier alpha value is -2.51. The van der Waals surface area contributed by atoms with Crippen molar-refractivity contribution >= 4 is 17.2 Å². The van der Waals surface area contributed by atoms with Gasteiger partial charge in [0.25, 0.3) is 5.91 Å². The monoisotopic (exact) mass is 384 g/mol. The van der Waals surface area contributed by atoms with Crippen LogP contribution in [0.1, 0.15) is 15.2 Å². The number of nitrogens with zero attached hydrogens (tertiary/aromatic N) is 4. The van der Waals surface area contributed by atoms with Crippen LogP contribution in [0.3, 0.4) is 0 Å². The van der Waals surface area contributed by atoms with Gasteiger partial charge < -0.3 is 4.90 Å². The maximum Gasteiger partial charge on any atom is 0.257 e. The van der Waals surface area contributed by atoms with Gasteiger partial charge in [-0.25, -0.2) is 4.39 Å². The number of carbonyl (C=O) groups is 1. The van der Waals surface area contributed by atoms with E-state index >= 15 is 0 Å². The van der Waals surface area contributed by atoms with Gasteiger partial charge >= 0.3 is 0 Å².